The third-order valence-electron chi connectivity index (χ3n) is 4.93. The summed E-state index contributed by atoms with van der Waals surface area (Å²) in [5, 5.41) is -0.114. The lowest BCUT2D eigenvalue weighted by molar-refractivity contribution is -0.117. The van der Waals surface area contributed by atoms with Gasteiger partial charge in [0.25, 0.3) is 5.24 Å². The number of hydrogen-bond acceptors (Lipinski definition) is 6. The van der Waals surface area contributed by atoms with Crippen LogP contribution < -0.4 is 0 Å². The van der Waals surface area contributed by atoms with Crippen LogP contribution in [-0.2, 0) is 9.59 Å². The first-order valence-electron chi connectivity index (χ1n) is 10.5. The molecule has 0 aromatic heterocycles. The quantitative estimate of drug-likeness (QED) is 0.385. The van der Waals surface area contributed by atoms with Crippen LogP contribution in [0.15, 0.2) is 23.2 Å². The highest BCUT2D eigenvalue weighted by molar-refractivity contribution is 7.96. The molecular formula is C21H32N4O3S. The Balaban J connectivity index is 0.000000179. The van der Waals surface area contributed by atoms with Gasteiger partial charge >= 0.3 is 0 Å². The Morgan fingerprint density at radius 3 is 1.72 bits per heavy atom. The number of hydrogen-bond donors (Lipinski definition) is 1. The highest BCUT2D eigenvalue weighted by Gasteiger charge is 2.43. The first kappa shape index (κ1) is 21.7. The molecule has 8 heteroatoms. The molecule has 3 fully saturated rings. The van der Waals surface area contributed by atoms with Crippen LogP contribution in [0, 0.1) is 11.8 Å². The highest BCUT2D eigenvalue weighted by atomic mass is 32.1. The fourth-order valence-corrected chi connectivity index (χ4v) is 3.55. The van der Waals surface area contributed by atoms with Crippen LogP contribution in [0.3, 0.4) is 0 Å². The topological polar surface area (TPSA) is 63.5 Å². The van der Waals surface area contributed by atoms with E-state index in [-0.39, 0.29) is 16.8 Å². The molecule has 3 aliphatic heterocycles. The minimum atomic E-state index is -0.114. The van der Waals surface area contributed by atoms with Crippen LogP contribution in [0.2, 0.25) is 0 Å². The van der Waals surface area contributed by atoms with Gasteiger partial charge in [0.1, 0.15) is 11.4 Å². The maximum atomic E-state index is 12.4. The molecule has 3 heterocycles. The first-order valence-corrected chi connectivity index (χ1v) is 10.9. The van der Waals surface area contributed by atoms with Crippen molar-refractivity contribution in [2.45, 2.75) is 27.7 Å². The van der Waals surface area contributed by atoms with Crippen LogP contribution in [0.1, 0.15) is 27.7 Å². The van der Waals surface area contributed by atoms with Crippen molar-refractivity contribution in [2.24, 2.45) is 11.8 Å². The Morgan fingerprint density at radius 2 is 1.34 bits per heavy atom. The zero-order chi connectivity index (χ0) is 21.3. The molecule has 0 radical (unpaired) electrons. The molecule has 0 N–H and O–H groups in total. The predicted octanol–water partition coefficient (Wildman–Crippen LogP) is 1.83. The normalized spacial score (nSPS) is 20.1. The lowest BCUT2D eigenvalue weighted by atomic mass is 10.0. The lowest BCUT2D eigenvalue weighted by Crippen LogP contribution is -2.33. The number of carbonyl (C=O) groups is 3. The zero-order valence-corrected chi connectivity index (χ0v) is 18.7. The van der Waals surface area contributed by atoms with E-state index in [1.807, 2.05) is 14.7 Å². The zero-order valence-electron chi connectivity index (χ0n) is 17.8. The van der Waals surface area contributed by atoms with Gasteiger partial charge in [-0.25, -0.2) is 0 Å². The summed E-state index contributed by atoms with van der Waals surface area (Å²) in [7, 11) is 0. The molecule has 29 heavy (non-hydrogen) atoms. The van der Waals surface area contributed by atoms with E-state index in [0.717, 1.165) is 52.4 Å². The number of thiol groups is 1. The second-order valence-corrected chi connectivity index (χ2v) is 9.24. The Bertz CT molecular complexity index is 737. The van der Waals surface area contributed by atoms with Gasteiger partial charge in [0.15, 0.2) is 0 Å². The van der Waals surface area contributed by atoms with Crippen molar-refractivity contribution in [3.8, 4) is 0 Å². The van der Waals surface area contributed by atoms with E-state index < -0.39 is 0 Å². The van der Waals surface area contributed by atoms with Crippen molar-refractivity contribution in [1.82, 2.24) is 19.6 Å². The van der Waals surface area contributed by atoms with Crippen LogP contribution in [0.4, 0.5) is 4.79 Å². The SMILES string of the molecule is CC(C)CN(CC(C)C)C(=O)S.O=C1C=C(N2CC2)C(=O)C(N2CC2)=C1N1CC1. The average Bonchev–Trinajstić information content (AvgIpc) is 3.44. The Labute approximate surface area is 178 Å². The molecule has 0 atom stereocenters. The van der Waals surface area contributed by atoms with Crippen molar-refractivity contribution in [3.05, 3.63) is 23.2 Å². The van der Waals surface area contributed by atoms with Crippen LogP contribution >= 0.6 is 12.6 Å². The fraction of sp³-hybridized carbons (Fsp3) is 0.667. The summed E-state index contributed by atoms with van der Waals surface area (Å²) < 4.78 is 0. The molecular weight excluding hydrogens is 388 g/mol. The van der Waals surface area contributed by atoms with Gasteiger partial charge in [0, 0.05) is 58.4 Å². The van der Waals surface area contributed by atoms with E-state index in [0.29, 0.717) is 28.9 Å². The summed E-state index contributed by atoms with van der Waals surface area (Å²) in [5.41, 5.74) is 1.89. The number of rotatable bonds is 7. The van der Waals surface area contributed by atoms with Crippen LogP contribution in [0.5, 0.6) is 0 Å². The average molecular weight is 421 g/mol. The molecule has 0 aromatic carbocycles. The smallest absolute Gasteiger partial charge is 0.278 e. The predicted molar refractivity (Wildman–Crippen MR) is 115 cm³/mol. The van der Waals surface area contributed by atoms with Crippen molar-refractivity contribution in [1.29, 1.82) is 0 Å². The maximum absolute atomic E-state index is 12.4. The minimum Gasteiger partial charge on any atom is -0.365 e. The third-order valence-corrected chi connectivity index (χ3v) is 5.21. The molecule has 3 saturated heterocycles. The fourth-order valence-electron chi connectivity index (χ4n) is 3.39. The second kappa shape index (κ2) is 8.81. The molecule has 1 amide bonds. The van der Waals surface area contributed by atoms with Crippen molar-refractivity contribution >= 4 is 29.4 Å². The standard InChI is InChI=1S/C12H13N3O2.C9H19NOS/c16-9-7-8(13-1-2-13)12(17)11(15-5-6-15)10(9)14-3-4-14;1-7(2)5-10(9(11)12)6-8(3)4/h7H,1-6H2;7-8H,5-6H2,1-4H3,(H,11,12). The second-order valence-electron chi connectivity index (χ2n) is 8.86. The van der Waals surface area contributed by atoms with Gasteiger partial charge in [-0.1, -0.05) is 40.3 Å². The lowest BCUT2D eigenvalue weighted by Gasteiger charge is -2.24. The van der Waals surface area contributed by atoms with E-state index in [1.165, 1.54) is 6.08 Å². The molecule has 1 aliphatic carbocycles. The van der Waals surface area contributed by atoms with Gasteiger partial charge in [-0.2, -0.15) is 0 Å². The summed E-state index contributed by atoms with van der Waals surface area (Å²) >= 11 is 3.83. The number of Topliss-reactive ketones (excluding diaryl/α,β-unsaturated/α-hetero) is 1. The summed E-state index contributed by atoms with van der Waals surface area (Å²) in [4.78, 5) is 43.3. The minimum absolute atomic E-state index is 0.00546. The van der Waals surface area contributed by atoms with Gasteiger partial charge < -0.3 is 19.6 Å². The molecule has 0 saturated carbocycles. The number of nitrogens with zero attached hydrogens (tertiary/aromatic N) is 4. The molecule has 0 bridgehead atoms. The van der Waals surface area contributed by atoms with Gasteiger partial charge in [-0.3, -0.25) is 14.4 Å². The van der Waals surface area contributed by atoms with Gasteiger partial charge in [-0.05, 0) is 11.8 Å². The van der Waals surface area contributed by atoms with Gasteiger partial charge in [0.2, 0.25) is 11.6 Å². The molecule has 4 rings (SSSR count). The number of allylic oxidation sites excluding steroid dienone is 1. The van der Waals surface area contributed by atoms with E-state index in [9.17, 15) is 14.4 Å². The van der Waals surface area contributed by atoms with Crippen molar-refractivity contribution < 1.29 is 14.4 Å². The van der Waals surface area contributed by atoms with E-state index >= 15 is 0 Å². The largest absolute Gasteiger partial charge is 0.365 e. The highest BCUT2D eigenvalue weighted by Crippen LogP contribution is 2.33. The Kier molecular flexibility index (Phi) is 6.61. The molecule has 160 valence electrons. The molecule has 4 aliphatic rings. The van der Waals surface area contributed by atoms with Gasteiger partial charge in [-0.15, -0.1) is 0 Å². The maximum Gasteiger partial charge on any atom is 0.278 e. The molecule has 0 spiro atoms. The third kappa shape index (κ3) is 5.78. The Morgan fingerprint density at radius 1 is 0.897 bits per heavy atom. The van der Waals surface area contributed by atoms with E-state index in [1.54, 1.807) is 4.90 Å². The molecule has 0 unspecified atom stereocenters. The van der Waals surface area contributed by atoms with E-state index in [2.05, 4.69) is 40.3 Å². The number of ketones is 2. The van der Waals surface area contributed by atoms with E-state index in [4.69, 9.17) is 0 Å². The summed E-state index contributed by atoms with van der Waals surface area (Å²) in [6, 6.07) is 0. The summed E-state index contributed by atoms with van der Waals surface area (Å²) in [5.74, 6) is 1.08. The summed E-state index contributed by atoms with van der Waals surface area (Å²) in [6.45, 7) is 15.4. The summed E-state index contributed by atoms with van der Waals surface area (Å²) in [6.07, 6.45) is 1.52. The van der Waals surface area contributed by atoms with Crippen molar-refractivity contribution in [2.75, 3.05) is 52.4 Å². The van der Waals surface area contributed by atoms with Gasteiger partial charge in [0.05, 0.1) is 5.70 Å². The first-order chi connectivity index (χ1) is 13.7. The molecule has 7 nitrogen and oxygen atoms in total. The Hall–Kier alpha value is -1.96. The molecule has 0 aromatic rings. The van der Waals surface area contributed by atoms with Crippen LogP contribution in [0.25, 0.3) is 0 Å². The van der Waals surface area contributed by atoms with Crippen LogP contribution in [-0.4, -0.2) is 88.8 Å². The number of amides is 1. The van der Waals surface area contributed by atoms with Crippen molar-refractivity contribution in [3.63, 3.8) is 0 Å². The monoisotopic (exact) mass is 420 g/mol. The number of carbonyl (C=O) groups excluding carboxylic acids is 3.